The Balaban J connectivity index is 1.46. The molecule has 0 radical (unpaired) electrons. The fraction of sp³-hybridized carbons (Fsp3) is 0.294. The first-order valence-electron chi connectivity index (χ1n) is 7.89. The van der Waals surface area contributed by atoms with Crippen LogP contribution in [-0.2, 0) is 14.4 Å². The van der Waals surface area contributed by atoms with E-state index in [1.54, 1.807) is 0 Å². The first-order valence-corrected chi connectivity index (χ1v) is 8.71. The van der Waals surface area contributed by atoms with Gasteiger partial charge in [0.2, 0.25) is 17.7 Å². The number of anilines is 1. The molecule has 1 aromatic heterocycles. The van der Waals surface area contributed by atoms with Gasteiger partial charge in [-0.1, -0.05) is 23.5 Å². The number of halogens is 1. The lowest BCUT2D eigenvalue weighted by Gasteiger charge is -2.14. The number of fused-ring (bicyclic) bond motifs is 2. The Morgan fingerprint density at radius 2 is 1.92 bits per heavy atom. The van der Waals surface area contributed by atoms with Gasteiger partial charge in [0.05, 0.1) is 22.1 Å². The molecule has 1 aliphatic heterocycles. The van der Waals surface area contributed by atoms with Gasteiger partial charge in [0.15, 0.2) is 5.13 Å². The molecule has 0 bridgehead atoms. The van der Waals surface area contributed by atoms with Crippen molar-refractivity contribution in [1.82, 2.24) is 9.88 Å². The summed E-state index contributed by atoms with van der Waals surface area (Å²) >= 11 is 1.14. The van der Waals surface area contributed by atoms with E-state index in [-0.39, 0.29) is 36.0 Å². The number of amides is 3. The molecule has 2 aromatic rings. The minimum atomic E-state index is -0.493. The van der Waals surface area contributed by atoms with Gasteiger partial charge in [0, 0.05) is 0 Å². The highest BCUT2D eigenvalue weighted by Crippen LogP contribution is 2.35. The number of allylic oxidation sites excluding steroid dienone is 2. The van der Waals surface area contributed by atoms with Crippen LogP contribution in [0.4, 0.5) is 9.52 Å². The average molecular weight is 359 g/mol. The molecule has 2 aliphatic rings. The van der Waals surface area contributed by atoms with Crippen molar-refractivity contribution in [1.29, 1.82) is 0 Å². The van der Waals surface area contributed by atoms with Crippen LogP contribution in [0.5, 0.6) is 0 Å². The molecule has 2 heterocycles. The highest BCUT2D eigenvalue weighted by Gasteiger charge is 2.47. The maximum absolute atomic E-state index is 13.2. The molecular formula is C17H14FN3O3S. The fourth-order valence-corrected chi connectivity index (χ4v) is 4.19. The molecule has 1 aliphatic carbocycles. The largest absolute Gasteiger partial charge is 0.300 e. The Morgan fingerprint density at radius 3 is 2.60 bits per heavy atom. The fourth-order valence-electron chi connectivity index (χ4n) is 3.28. The van der Waals surface area contributed by atoms with Crippen LogP contribution in [0.25, 0.3) is 10.2 Å². The zero-order valence-corrected chi connectivity index (χ0v) is 13.9. The van der Waals surface area contributed by atoms with Crippen molar-refractivity contribution in [3.05, 3.63) is 36.2 Å². The van der Waals surface area contributed by atoms with Gasteiger partial charge in [-0.25, -0.2) is 9.37 Å². The SMILES string of the molecule is O=C(CN1C(=O)[C@H]2CC=CC[C@@H]2C1=O)Nc1nc2ccc(F)cc2s1. The van der Waals surface area contributed by atoms with E-state index in [1.807, 2.05) is 12.2 Å². The van der Waals surface area contributed by atoms with Crippen molar-refractivity contribution >= 4 is 44.4 Å². The third-order valence-corrected chi connectivity index (χ3v) is 5.43. The molecular weight excluding hydrogens is 345 g/mol. The maximum Gasteiger partial charge on any atom is 0.246 e. The predicted molar refractivity (Wildman–Crippen MR) is 90.3 cm³/mol. The molecule has 0 saturated carbocycles. The van der Waals surface area contributed by atoms with Crippen molar-refractivity contribution in [2.24, 2.45) is 11.8 Å². The van der Waals surface area contributed by atoms with Gasteiger partial charge in [-0.2, -0.15) is 0 Å². The lowest BCUT2D eigenvalue weighted by atomic mass is 9.85. The Kier molecular flexibility index (Phi) is 3.84. The summed E-state index contributed by atoms with van der Waals surface area (Å²) in [6.07, 6.45) is 4.87. The zero-order chi connectivity index (χ0) is 17.6. The van der Waals surface area contributed by atoms with Gasteiger partial charge in [0.1, 0.15) is 12.4 Å². The minimum absolute atomic E-state index is 0.291. The monoisotopic (exact) mass is 359 g/mol. The van der Waals surface area contributed by atoms with Gasteiger partial charge in [-0.3, -0.25) is 19.3 Å². The number of nitrogens with one attached hydrogen (secondary N) is 1. The average Bonchev–Trinajstić information content (AvgIpc) is 3.09. The van der Waals surface area contributed by atoms with E-state index in [2.05, 4.69) is 10.3 Å². The summed E-state index contributed by atoms with van der Waals surface area (Å²) in [5.74, 6) is -2.15. The van der Waals surface area contributed by atoms with Crippen LogP contribution >= 0.6 is 11.3 Å². The summed E-state index contributed by atoms with van der Waals surface area (Å²) in [6, 6.07) is 4.17. The molecule has 1 saturated heterocycles. The molecule has 1 aromatic carbocycles. The van der Waals surface area contributed by atoms with Crippen LogP contribution in [0.15, 0.2) is 30.4 Å². The molecule has 1 N–H and O–H groups in total. The number of likely N-dealkylation sites (tertiary alicyclic amines) is 1. The molecule has 3 amide bonds. The van der Waals surface area contributed by atoms with Gasteiger partial charge >= 0.3 is 0 Å². The van der Waals surface area contributed by atoms with Gasteiger partial charge < -0.3 is 5.32 Å². The normalized spacial score (nSPS) is 22.5. The third kappa shape index (κ3) is 2.82. The smallest absolute Gasteiger partial charge is 0.246 e. The third-order valence-electron chi connectivity index (χ3n) is 4.50. The van der Waals surface area contributed by atoms with E-state index in [0.29, 0.717) is 28.2 Å². The number of imide groups is 1. The van der Waals surface area contributed by atoms with Gasteiger partial charge in [0.25, 0.3) is 0 Å². The van der Waals surface area contributed by atoms with Gasteiger partial charge in [-0.05, 0) is 31.0 Å². The first kappa shape index (κ1) is 15.9. The molecule has 1 fully saturated rings. The van der Waals surface area contributed by atoms with Crippen LogP contribution in [0.3, 0.4) is 0 Å². The number of nitrogens with zero attached hydrogens (tertiary/aromatic N) is 2. The summed E-state index contributed by atoms with van der Waals surface area (Å²) in [5, 5.41) is 2.89. The lowest BCUT2D eigenvalue weighted by Crippen LogP contribution is -2.38. The Hall–Kier alpha value is -2.61. The Morgan fingerprint density at radius 1 is 1.24 bits per heavy atom. The molecule has 2 atom stereocenters. The number of carbonyl (C=O) groups excluding carboxylic acids is 3. The topological polar surface area (TPSA) is 79.4 Å². The van der Waals surface area contributed by atoms with E-state index in [4.69, 9.17) is 0 Å². The Bertz CT molecular complexity index is 897. The molecule has 4 rings (SSSR count). The van der Waals surface area contributed by atoms with Crippen LogP contribution < -0.4 is 5.32 Å². The highest BCUT2D eigenvalue weighted by atomic mass is 32.1. The van der Waals surface area contributed by atoms with Crippen molar-refractivity contribution < 1.29 is 18.8 Å². The summed E-state index contributed by atoms with van der Waals surface area (Å²) in [7, 11) is 0. The van der Waals surface area contributed by atoms with Crippen molar-refractivity contribution in [3.8, 4) is 0 Å². The Labute approximate surface area is 146 Å². The number of benzene rings is 1. The van der Waals surface area contributed by atoms with E-state index in [9.17, 15) is 18.8 Å². The second-order valence-electron chi connectivity index (χ2n) is 6.10. The molecule has 8 heteroatoms. The molecule has 6 nitrogen and oxygen atoms in total. The summed E-state index contributed by atoms with van der Waals surface area (Å²) in [5.41, 5.74) is 0.576. The van der Waals surface area contributed by atoms with E-state index < -0.39 is 5.91 Å². The van der Waals surface area contributed by atoms with Crippen LogP contribution in [0.1, 0.15) is 12.8 Å². The minimum Gasteiger partial charge on any atom is -0.300 e. The predicted octanol–water partition coefficient (Wildman–Crippen LogP) is 2.33. The van der Waals surface area contributed by atoms with E-state index in [1.165, 1.54) is 18.2 Å². The van der Waals surface area contributed by atoms with E-state index in [0.717, 1.165) is 16.2 Å². The van der Waals surface area contributed by atoms with Crippen molar-refractivity contribution in [3.63, 3.8) is 0 Å². The number of carbonyl (C=O) groups is 3. The maximum atomic E-state index is 13.2. The molecule has 0 unspecified atom stereocenters. The van der Waals surface area contributed by atoms with Gasteiger partial charge in [-0.15, -0.1) is 0 Å². The summed E-state index contributed by atoms with van der Waals surface area (Å²) in [4.78, 5) is 42.2. The molecule has 0 spiro atoms. The lowest BCUT2D eigenvalue weighted by molar-refractivity contribution is -0.142. The number of rotatable bonds is 3. The van der Waals surface area contributed by atoms with Crippen LogP contribution in [0, 0.1) is 17.7 Å². The first-order chi connectivity index (χ1) is 12.0. The van der Waals surface area contributed by atoms with Crippen molar-refractivity contribution in [2.75, 3.05) is 11.9 Å². The second kappa shape index (κ2) is 6.03. The number of aromatic nitrogens is 1. The second-order valence-corrected chi connectivity index (χ2v) is 7.13. The highest BCUT2D eigenvalue weighted by molar-refractivity contribution is 7.22. The quantitative estimate of drug-likeness (QED) is 0.674. The van der Waals surface area contributed by atoms with Crippen LogP contribution in [0.2, 0.25) is 0 Å². The zero-order valence-electron chi connectivity index (χ0n) is 13.1. The number of thiazole rings is 1. The van der Waals surface area contributed by atoms with Crippen LogP contribution in [-0.4, -0.2) is 34.2 Å². The number of hydrogen-bond donors (Lipinski definition) is 1. The van der Waals surface area contributed by atoms with Crippen molar-refractivity contribution in [2.45, 2.75) is 12.8 Å². The van der Waals surface area contributed by atoms with E-state index >= 15 is 0 Å². The summed E-state index contributed by atoms with van der Waals surface area (Å²) < 4.78 is 13.8. The number of hydrogen-bond acceptors (Lipinski definition) is 5. The molecule has 25 heavy (non-hydrogen) atoms. The molecule has 128 valence electrons. The standard InChI is InChI=1S/C17H14FN3O3S/c18-9-5-6-12-13(7-9)25-17(19-12)20-14(22)8-21-15(23)10-3-1-2-4-11(10)16(21)24/h1-2,5-7,10-11H,3-4,8H2,(H,19,20,22)/t10-,11-/m0/s1. The summed E-state index contributed by atoms with van der Waals surface area (Å²) in [6.45, 7) is -0.324.